The number of amides is 2. The fourth-order valence-corrected chi connectivity index (χ4v) is 2.90. The summed E-state index contributed by atoms with van der Waals surface area (Å²) in [4.78, 5) is 22.2. The average Bonchev–Trinajstić information content (AvgIpc) is 3.10. The summed E-state index contributed by atoms with van der Waals surface area (Å²) < 4.78 is 2.10. The molecule has 4 rings (SSSR count). The first-order valence-electron chi connectivity index (χ1n) is 7.15. The lowest BCUT2D eigenvalue weighted by molar-refractivity contribution is 0.257. The van der Waals surface area contributed by atoms with Gasteiger partial charge >= 0.3 is 6.03 Å². The van der Waals surface area contributed by atoms with E-state index in [-0.39, 0.29) is 6.03 Å². The summed E-state index contributed by atoms with van der Waals surface area (Å²) >= 11 is 0. The molecule has 6 heteroatoms. The van der Waals surface area contributed by atoms with Crippen LogP contribution in [0.1, 0.15) is 5.56 Å². The van der Waals surface area contributed by atoms with E-state index in [0.717, 1.165) is 17.5 Å². The first-order chi connectivity index (χ1) is 10.7. The number of carbonyl (C=O) groups is 1. The molecule has 2 aromatic heterocycles. The number of urea groups is 1. The Morgan fingerprint density at radius 3 is 3.05 bits per heavy atom. The third-order valence-electron chi connectivity index (χ3n) is 4.02. The van der Waals surface area contributed by atoms with Gasteiger partial charge in [0.2, 0.25) is 0 Å². The molecular weight excluding hydrogens is 278 g/mol. The molecule has 1 N–H and O–H groups in total. The average molecular weight is 293 g/mol. The quantitative estimate of drug-likeness (QED) is 0.750. The van der Waals surface area contributed by atoms with E-state index in [0.29, 0.717) is 12.4 Å². The first-order valence-corrected chi connectivity index (χ1v) is 7.15. The van der Waals surface area contributed by atoms with Crippen LogP contribution in [0.3, 0.4) is 0 Å². The predicted octanol–water partition coefficient (Wildman–Crippen LogP) is 2.56. The van der Waals surface area contributed by atoms with Crippen molar-refractivity contribution in [3.05, 3.63) is 48.5 Å². The lowest BCUT2D eigenvalue weighted by atomic mass is 10.1. The fraction of sp³-hybridized carbons (Fsp3) is 0.188. The molecule has 22 heavy (non-hydrogen) atoms. The zero-order valence-corrected chi connectivity index (χ0v) is 12.2. The number of nitrogens with zero attached hydrogens (tertiary/aromatic N) is 4. The maximum Gasteiger partial charge on any atom is 0.327 e. The highest BCUT2D eigenvalue weighted by Crippen LogP contribution is 2.33. The molecule has 0 unspecified atom stereocenters. The van der Waals surface area contributed by atoms with Crippen molar-refractivity contribution in [2.45, 2.75) is 6.42 Å². The number of carbonyl (C=O) groups excluding carboxylic acids is 1. The molecule has 0 radical (unpaired) electrons. The molecule has 1 aliphatic heterocycles. The molecule has 110 valence electrons. The molecular formula is C16H15N5O. The second kappa shape index (κ2) is 4.84. The third-order valence-corrected chi connectivity index (χ3v) is 4.02. The fourth-order valence-electron chi connectivity index (χ4n) is 2.90. The topological polar surface area (TPSA) is 63.1 Å². The predicted molar refractivity (Wildman–Crippen MR) is 85.0 cm³/mol. The van der Waals surface area contributed by atoms with E-state index in [1.165, 1.54) is 17.3 Å². The number of nitrogens with one attached hydrogen (secondary N) is 1. The van der Waals surface area contributed by atoms with Crippen LogP contribution in [-0.4, -0.2) is 27.1 Å². The summed E-state index contributed by atoms with van der Waals surface area (Å²) in [5.74, 6) is 0.460. The number of rotatable bonds is 1. The Morgan fingerprint density at radius 2 is 2.23 bits per heavy atom. The van der Waals surface area contributed by atoms with E-state index in [4.69, 9.17) is 0 Å². The number of anilines is 2. The Morgan fingerprint density at radius 1 is 1.32 bits per heavy atom. The van der Waals surface area contributed by atoms with Gasteiger partial charge in [0.25, 0.3) is 0 Å². The number of aryl methyl sites for hydroxylation is 1. The van der Waals surface area contributed by atoms with Crippen molar-refractivity contribution >= 4 is 28.4 Å². The van der Waals surface area contributed by atoms with Gasteiger partial charge in [-0.3, -0.25) is 15.2 Å². The molecule has 1 aliphatic rings. The minimum absolute atomic E-state index is 0.172. The number of hydrogen-bond donors (Lipinski definition) is 1. The highest BCUT2D eigenvalue weighted by molar-refractivity contribution is 6.04. The van der Waals surface area contributed by atoms with Crippen LogP contribution in [0.15, 0.2) is 43.0 Å². The number of aromatic nitrogens is 3. The van der Waals surface area contributed by atoms with E-state index < -0.39 is 0 Å². The van der Waals surface area contributed by atoms with Gasteiger partial charge in [0.15, 0.2) is 5.82 Å². The summed E-state index contributed by atoms with van der Waals surface area (Å²) in [6.45, 7) is 0.678. The first kappa shape index (κ1) is 12.8. The lowest BCUT2D eigenvalue weighted by Gasteiger charge is -2.17. The Kier molecular flexibility index (Phi) is 2.82. The molecule has 0 aliphatic carbocycles. The highest BCUT2D eigenvalue weighted by Gasteiger charge is 2.25. The molecule has 3 aromatic rings. The molecule has 0 bridgehead atoms. The van der Waals surface area contributed by atoms with Crippen molar-refractivity contribution in [3.63, 3.8) is 0 Å². The summed E-state index contributed by atoms with van der Waals surface area (Å²) in [7, 11) is 2.03. The third kappa shape index (κ3) is 2.00. The van der Waals surface area contributed by atoms with Crippen molar-refractivity contribution in [1.29, 1.82) is 0 Å². The largest absolute Gasteiger partial charge is 0.351 e. The van der Waals surface area contributed by atoms with Crippen molar-refractivity contribution in [2.75, 3.05) is 16.8 Å². The Bertz CT molecular complexity index is 856. The number of benzene rings is 1. The van der Waals surface area contributed by atoms with E-state index in [9.17, 15) is 4.79 Å². The van der Waals surface area contributed by atoms with E-state index >= 15 is 0 Å². The van der Waals surface area contributed by atoms with Crippen molar-refractivity contribution < 1.29 is 4.79 Å². The molecule has 1 aromatic carbocycles. The monoisotopic (exact) mass is 293 g/mol. The van der Waals surface area contributed by atoms with Gasteiger partial charge in [-0.15, -0.1) is 0 Å². The van der Waals surface area contributed by atoms with Gasteiger partial charge in [-0.2, -0.15) is 0 Å². The SMILES string of the molecule is Cn1ccc2cc3c(cc21)CCN3C(=O)Nc1cnccn1. The van der Waals surface area contributed by atoms with Gasteiger partial charge < -0.3 is 4.57 Å². The summed E-state index contributed by atoms with van der Waals surface area (Å²) in [5.41, 5.74) is 3.36. The Balaban J connectivity index is 1.66. The minimum Gasteiger partial charge on any atom is -0.351 e. The minimum atomic E-state index is -0.172. The maximum absolute atomic E-state index is 12.5. The van der Waals surface area contributed by atoms with E-state index in [1.807, 2.05) is 13.2 Å². The Labute approximate surface area is 127 Å². The van der Waals surface area contributed by atoms with Crippen LogP contribution in [0.25, 0.3) is 10.9 Å². The van der Waals surface area contributed by atoms with Gasteiger partial charge in [-0.05, 0) is 30.2 Å². The van der Waals surface area contributed by atoms with Crippen LogP contribution in [0.4, 0.5) is 16.3 Å². The van der Waals surface area contributed by atoms with Gasteiger partial charge in [0.05, 0.1) is 6.20 Å². The van der Waals surface area contributed by atoms with Crippen LogP contribution in [0.5, 0.6) is 0 Å². The van der Waals surface area contributed by atoms with Crippen LogP contribution < -0.4 is 10.2 Å². The van der Waals surface area contributed by atoms with E-state index in [1.54, 1.807) is 17.3 Å². The molecule has 0 saturated carbocycles. The summed E-state index contributed by atoms with van der Waals surface area (Å²) in [6, 6.07) is 6.13. The molecule has 0 atom stereocenters. The zero-order valence-electron chi connectivity index (χ0n) is 12.2. The second-order valence-electron chi connectivity index (χ2n) is 5.39. The van der Waals surface area contributed by atoms with E-state index in [2.05, 4.69) is 38.1 Å². The molecule has 0 fully saturated rings. The van der Waals surface area contributed by atoms with Gasteiger partial charge in [-0.1, -0.05) is 0 Å². The molecule has 6 nitrogen and oxygen atoms in total. The number of fused-ring (bicyclic) bond motifs is 2. The zero-order chi connectivity index (χ0) is 15.1. The summed E-state index contributed by atoms with van der Waals surface area (Å²) in [6.07, 6.45) is 7.57. The maximum atomic E-state index is 12.5. The molecule has 0 spiro atoms. The van der Waals surface area contributed by atoms with Crippen LogP contribution in [-0.2, 0) is 13.5 Å². The molecule has 3 heterocycles. The Hall–Kier alpha value is -2.89. The van der Waals surface area contributed by atoms with Crippen molar-refractivity contribution in [1.82, 2.24) is 14.5 Å². The highest BCUT2D eigenvalue weighted by atomic mass is 16.2. The lowest BCUT2D eigenvalue weighted by Crippen LogP contribution is -2.33. The van der Waals surface area contributed by atoms with Gasteiger partial charge in [0.1, 0.15) is 0 Å². The smallest absolute Gasteiger partial charge is 0.327 e. The molecule has 2 amide bonds. The van der Waals surface area contributed by atoms with Crippen LogP contribution in [0.2, 0.25) is 0 Å². The second-order valence-corrected chi connectivity index (χ2v) is 5.39. The number of hydrogen-bond acceptors (Lipinski definition) is 3. The van der Waals surface area contributed by atoms with Crippen molar-refractivity contribution in [2.24, 2.45) is 7.05 Å². The molecule has 0 saturated heterocycles. The van der Waals surface area contributed by atoms with Crippen LogP contribution >= 0.6 is 0 Å². The van der Waals surface area contributed by atoms with Crippen LogP contribution in [0, 0.1) is 0 Å². The van der Waals surface area contributed by atoms with Crippen molar-refractivity contribution in [3.8, 4) is 0 Å². The summed E-state index contributed by atoms with van der Waals surface area (Å²) in [5, 5.41) is 3.93. The normalized spacial score (nSPS) is 13.4. The van der Waals surface area contributed by atoms with Gasteiger partial charge in [0, 0.05) is 48.8 Å². The standard InChI is InChI=1S/C16H15N5O/c1-20-6-2-11-9-14-12(8-13(11)20)3-7-21(14)16(22)19-15-10-17-4-5-18-15/h2,4-6,8-10H,3,7H2,1H3,(H,18,19,22). The van der Waals surface area contributed by atoms with Gasteiger partial charge in [-0.25, -0.2) is 9.78 Å².